The average molecular weight is 257 g/mol. The van der Waals surface area contributed by atoms with E-state index in [9.17, 15) is 13.2 Å². The molecule has 1 heterocycles. The van der Waals surface area contributed by atoms with Crippen LogP contribution in [0.4, 0.5) is 13.2 Å². The second-order valence-corrected chi connectivity index (χ2v) is 5.15. The topological polar surface area (TPSA) is 12.0 Å². The zero-order valence-corrected chi connectivity index (χ0v) is 10.6. The van der Waals surface area contributed by atoms with Crippen molar-refractivity contribution in [1.82, 2.24) is 5.32 Å². The molecule has 4 heteroatoms. The van der Waals surface area contributed by atoms with E-state index in [1.807, 2.05) is 6.07 Å². The molecule has 1 aliphatic rings. The molecule has 0 radical (unpaired) electrons. The van der Waals surface area contributed by atoms with E-state index in [0.29, 0.717) is 11.5 Å². The van der Waals surface area contributed by atoms with Crippen LogP contribution in [0.2, 0.25) is 0 Å². The van der Waals surface area contributed by atoms with Crippen LogP contribution in [-0.4, -0.2) is 13.1 Å². The van der Waals surface area contributed by atoms with Gasteiger partial charge in [-0.2, -0.15) is 13.2 Å². The lowest BCUT2D eigenvalue weighted by atomic mass is 9.81. The summed E-state index contributed by atoms with van der Waals surface area (Å²) >= 11 is 0. The standard InChI is InChI=1S/C14H18F3N/c1-9-3-4-11(7-13(9)14(15,16)17)12-5-6-18-8-10(12)2/h3-4,7,10,12,18H,5-6,8H2,1-2H3/t10-,12+/m1/s1. The first-order chi connectivity index (χ1) is 8.39. The van der Waals surface area contributed by atoms with Crippen molar-refractivity contribution < 1.29 is 13.2 Å². The van der Waals surface area contributed by atoms with E-state index in [2.05, 4.69) is 12.2 Å². The monoisotopic (exact) mass is 257 g/mol. The van der Waals surface area contributed by atoms with Gasteiger partial charge in [0.15, 0.2) is 0 Å². The fraction of sp³-hybridized carbons (Fsp3) is 0.571. The molecule has 100 valence electrons. The minimum Gasteiger partial charge on any atom is -0.316 e. The number of nitrogens with one attached hydrogen (secondary N) is 1. The summed E-state index contributed by atoms with van der Waals surface area (Å²) in [5, 5.41) is 3.27. The maximum Gasteiger partial charge on any atom is 0.416 e. The molecule has 1 fully saturated rings. The van der Waals surface area contributed by atoms with Gasteiger partial charge in [-0.15, -0.1) is 0 Å². The first-order valence-corrected chi connectivity index (χ1v) is 6.28. The zero-order valence-electron chi connectivity index (χ0n) is 10.6. The Bertz CT molecular complexity index is 426. The Morgan fingerprint density at radius 3 is 2.61 bits per heavy atom. The van der Waals surface area contributed by atoms with E-state index in [1.54, 1.807) is 6.07 Å². The van der Waals surface area contributed by atoms with Crippen LogP contribution < -0.4 is 5.32 Å². The third-order valence-electron chi connectivity index (χ3n) is 3.78. The molecule has 1 saturated heterocycles. The number of rotatable bonds is 1. The Kier molecular flexibility index (Phi) is 3.66. The number of alkyl halides is 3. The van der Waals surface area contributed by atoms with Crippen LogP contribution in [0.1, 0.15) is 36.0 Å². The second-order valence-electron chi connectivity index (χ2n) is 5.15. The first-order valence-electron chi connectivity index (χ1n) is 6.28. The van der Waals surface area contributed by atoms with E-state index in [1.165, 1.54) is 13.0 Å². The van der Waals surface area contributed by atoms with Gasteiger partial charge in [-0.05, 0) is 55.5 Å². The summed E-state index contributed by atoms with van der Waals surface area (Å²) in [5.41, 5.74) is 0.625. The Labute approximate surface area is 105 Å². The van der Waals surface area contributed by atoms with Gasteiger partial charge >= 0.3 is 6.18 Å². The third kappa shape index (κ3) is 2.69. The number of benzene rings is 1. The highest BCUT2D eigenvalue weighted by Gasteiger charge is 2.33. The molecule has 1 N–H and O–H groups in total. The number of piperidine rings is 1. The zero-order chi connectivity index (χ0) is 13.3. The molecule has 0 aliphatic carbocycles. The molecule has 1 aromatic rings. The molecule has 0 unspecified atom stereocenters. The molecule has 2 atom stereocenters. The van der Waals surface area contributed by atoms with Crippen molar-refractivity contribution in [2.75, 3.05) is 13.1 Å². The Morgan fingerprint density at radius 2 is 2.00 bits per heavy atom. The smallest absolute Gasteiger partial charge is 0.316 e. The minimum absolute atomic E-state index is 0.230. The van der Waals surface area contributed by atoms with Gasteiger partial charge in [0.25, 0.3) is 0 Å². The Hall–Kier alpha value is -1.03. The quantitative estimate of drug-likeness (QED) is 0.808. The molecule has 0 bridgehead atoms. The highest BCUT2D eigenvalue weighted by atomic mass is 19.4. The van der Waals surface area contributed by atoms with Crippen molar-refractivity contribution >= 4 is 0 Å². The van der Waals surface area contributed by atoms with Gasteiger partial charge in [0.05, 0.1) is 5.56 Å². The van der Waals surface area contributed by atoms with E-state index < -0.39 is 11.7 Å². The summed E-state index contributed by atoms with van der Waals surface area (Å²) in [5.74, 6) is 0.607. The summed E-state index contributed by atoms with van der Waals surface area (Å²) in [6.45, 7) is 5.35. The van der Waals surface area contributed by atoms with Crippen molar-refractivity contribution in [1.29, 1.82) is 0 Å². The van der Waals surface area contributed by atoms with Crippen LogP contribution in [0.25, 0.3) is 0 Å². The van der Waals surface area contributed by atoms with E-state index in [4.69, 9.17) is 0 Å². The van der Waals surface area contributed by atoms with Crippen LogP contribution in [0.15, 0.2) is 18.2 Å². The number of hydrogen-bond acceptors (Lipinski definition) is 1. The van der Waals surface area contributed by atoms with Crippen LogP contribution in [0.3, 0.4) is 0 Å². The summed E-state index contributed by atoms with van der Waals surface area (Å²) in [7, 11) is 0. The van der Waals surface area contributed by atoms with Crippen LogP contribution in [0, 0.1) is 12.8 Å². The third-order valence-corrected chi connectivity index (χ3v) is 3.78. The molecule has 1 aliphatic heterocycles. The highest BCUT2D eigenvalue weighted by Crippen LogP contribution is 2.36. The lowest BCUT2D eigenvalue weighted by Gasteiger charge is -2.30. The van der Waals surface area contributed by atoms with Crippen molar-refractivity contribution in [3.63, 3.8) is 0 Å². The molecule has 1 aromatic carbocycles. The normalized spacial score (nSPS) is 25.2. The fourth-order valence-electron chi connectivity index (χ4n) is 2.68. The molecule has 18 heavy (non-hydrogen) atoms. The predicted molar refractivity (Wildman–Crippen MR) is 65.6 cm³/mol. The molecule has 0 spiro atoms. The molecular weight excluding hydrogens is 239 g/mol. The summed E-state index contributed by atoms with van der Waals surface area (Å²) in [6, 6.07) is 4.77. The fourth-order valence-corrected chi connectivity index (χ4v) is 2.68. The van der Waals surface area contributed by atoms with Crippen molar-refractivity contribution in [2.45, 2.75) is 32.4 Å². The van der Waals surface area contributed by atoms with Gasteiger partial charge in [-0.3, -0.25) is 0 Å². The second kappa shape index (κ2) is 4.92. The van der Waals surface area contributed by atoms with Crippen molar-refractivity contribution in [2.24, 2.45) is 5.92 Å². The average Bonchev–Trinajstić information content (AvgIpc) is 2.29. The molecule has 2 rings (SSSR count). The number of aryl methyl sites for hydroxylation is 1. The minimum atomic E-state index is -4.25. The van der Waals surface area contributed by atoms with E-state index in [0.717, 1.165) is 25.1 Å². The van der Waals surface area contributed by atoms with Gasteiger partial charge < -0.3 is 5.32 Å². The van der Waals surface area contributed by atoms with Crippen LogP contribution in [0.5, 0.6) is 0 Å². The maximum atomic E-state index is 12.9. The van der Waals surface area contributed by atoms with Gasteiger partial charge in [0.2, 0.25) is 0 Å². The molecule has 0 saturated carbocycles. The van der Waals surface area contributed by atoms with E-state index in [-0.39, 0.29) is 5.92 Å². The van der Waals surface area contributed by atoms with Crippen molar-refractivity contribution in [3.8, 4) is 0 Å². The van der Waals surface area contributed by atoms with Gasteiger partial charge in [-0.25, -0.2) is 0 Å². The molecule has 1 nitrogen and oxygen atoms in total. The van der Waals surface area contributed by atoms with E-state index >= 15 is 0 Å². The maximum absolute atomic E-state index is 12.9. The van der Waals surface area contributed by atoms with Crippen LogP contribution >= 0.6 is 0 Å². The first kappa shape index (κ1) is 13.4. The Morgan fingerprint density at radius 1 is 1.28 bits per heavy atom. The van der Waals surface area contributed by atoms with Crippen LogP contribution in [-0.2, 0) is 6.18 Å². The lowest BCUT2D eigenvalue weighted by Crippen LogP contribution is -2.33. The van der Waals surface area contributed by atoms with Gasteiger partial charge in [0.1, 0.15) is 0 Å². The molecule has 0 aromatic heterocycles. The largest absolute Gasteiger partial charge is 0.416 e. The summed E-state index contributed by atoms with van der Waals surface area (Å²) in [4.78, 5) is 0. The lowest BCUT2D eigenvalue weighted by molar-refractivity contribution is -0.138. The summed E-state index contributed by atoms with van der Waals surface area (Å²) < 4.78 is 38.6. The summed E-state index contributed by atoms with van der Waals surface area (Å²) in [6.07, 6.45) is -3.35. The molecular formula is C14H18F3N. The highest BCUT2D eigenvalue weighted by molar-refractivity contribution is 5.35. The number of halogens is 3. The van der Waals surface area contributed by atoms with Gasteiger partial charge in [-0.1, -0.05) is 19.1 Å². The predicted octanol–water partition coefficient (Wildman–Crippen LogP) is 3.73. The van der Waals surface area contributed by atoms with Gasteiger partial charge in [0, 0.05) is 0 Å². The Balaban J connectivity index is 2.34. The molecule has 0 amide bonds. The number of hydrogen-bond donors (Lipinski definition) is 1. The SMILES string of the molecule is Cc1ccc([C@H]2CCNC[C@H]2C)cc1C(F)(F)F. The van der Waals surface area contributed by atoms with Crippen molar-refractivity contribution in [3.05, 3.63) is 34.9 Å².